The number of amides is 2. The van der Waals surface area contributed by atoms with Crippen LogP contribution in [-0.2, 0) is 19.1 Å². The number of allylic oxidation sites excluding steroid dienone is 1. The van der Waals surface area contributed by atoms with Crippen LogP contribution in [0.5, 0.6) is 0 Å². The zero-order valence-corrected chi connectivity index (χ0v) is 30.8. The van der Waals surface area contributed by atoms with Gasteiger partial charge in [-0.05, 0) is 66.0 Å². The molecule has 2 amide bonds. The molecule has 264 valence electrons. The summed E-state index contributed by atoms with van der Waals surface area (Å²) in [5.74, 6) is -1.66. The molecule has 0 bridgehead atoms. The first-order chi connectivity index (χ1) is 23.1. The number of hydrogen-bond donors (Lipinski definition) is 2. The quantitative estimate of drug-likeness (QED) is 0.0929. The Hall–Kier alpha value is -2.59. The number of rotatable bonds is 22. The summed E-state index contributed by atoms with van der Waals surface area (Å²) in [5.41, 5.74) is -0.828. The Morgan fingerprint density at radius 1 is 0.938 bits per heavy atom. The molecule has 2 aromatic rings. The lowest BCUT2D eigenvalue weighted by Crippen LogP contribution is -2.58. The summed E-state index contributed by atoms with van der Waals surface area (Å²) < 4.78 is 4.20. The summed E-state index contributed by atoms with van der Waals surface area (Å²) in [7, 11) is 1.29. The molecule has 3 atom stereocenters. The SMILES string of the molecule is CCCCCCCSCCCCCCC=C[C@H](C(=O)N1C(=O)SC(c2ccccc2)(c2ccccc2)C1C(C)C)[C@@](O)(COC)C(=O)O. The Bertz CT molecular complexity index is 1260. The van der Waals surface area contributed by atoms with E-state index in [4.69, 9.17) is 4.74 Å². The van der Waals surface area contributed by atoms with Gasteiger partial charge in [0.2, 0.25) is 11.5 Å². The number of unbranched alkanes of at least 4 members (excludes halogenated alkanes) is 8. The van der Waals surface area contributed by atoms with Crippen LogP contribution in [0, 0.1) is 11.8 Å². The molecule has 0 aromatic heterocycles. The fraction of sp³-hybridized carbons (Fsp3) is 0.564. The number of ether oxygens (including phenoxy) is 1. The maximum Gasteiger partial charge on any atom is 0.339 e. The van der Waals surface area contributed by atoms with Crippen LogP contribution in [-0.4, -0.2) is 69.1 Å². The molecule has 2 aromatic carbocycles. The van der Waals surface area contributed by atoms with Gasteiger partial charge in [0.1, 0.15) is 0 Å². The number of nitrogens with zero attached hydrogens (tertiary/aromatic N) is 1. The zero-order valence-electron chi connectivity index (χ0n) is 29.1. The lowest BCUT2D eigenvalue weighted by molar-refractivity contribution is -0.175. The van der Waals surface area contributed by atoms with E-state index >= 15 is 0 Å². The molecule has 1 unspecified atom stereocenters. The first-order valence-corrected chi connectivity index (χ1v) is 19.5. The summed E-state index contributed by atoms with van der Waals surface area (Å²) in [6, 6.07) is 18.6. The molecule has 2 N–H and O–H groups in total. The largest absolute Gasteiger partial charge is 0.479 e. The molecule has 1 aliphatic rings. The average molecular weight is 698 g/mol. The van der Waals surface area contributed by atoms with Crippen molar-refractivity contribution in [1.29, 1.82) is 0 Å². The molecule has 3 rings (SSSR count). The molecule has 7 nitrogen and oxygen atoms in total. The third-order valence-electron chi connectivity index (χ3n) is 9.06. The van der Waals surface area contributed by atoms with Gasteiger partial charge in [-0.2, -0.15) is 11.8 Å². The van der Waals surface area contributed by atoms with Crippen LogP contribution in [0.25, 0.3) is 0 Å². The predicted molar refractivity (Wildman–Crippen MR) is 198 cm³/mol. The molecule has 9 heteroatoms. The van der Waals surface area contributed by atoms with Crippen LogP contribution in [0.2, 0.25) is 0 Å². The minimum absolute atomic E-state index is 0.197. The Balaban J connectivity index is 1.80. The number of hydrogen-bond acceptors (Lipinski definition) is 7. The molecule has 1 fully saturated rings. The number of carbonyl (C=O) groups is 3. The van der Waals surface area contributed by atoms with Crippen molar-refractivity contribution in [3.8, 4) is 0 Å². The molecular formula is C39H55NO6S2. The van der Waals surface area contributed by atoms with Gasteiger partial charge in [0.15, 0.2) is 0 Å². The van der Waals surface area contributed by atoms with Gasteiger partial charge in [-0.1, -0.05) is 132 Å². The van der Waals surface area contributed by atoms with E-state index in [-0.39, 0.29) is 5.92 Å². The van der Waals surface area contributed by atoms with Crippen molar-refractivity contribution < 1.29 is 29.3 Å². The number of thioether (sulfide) groups is 2. The topological polar surface area (TPSA) is 104 Å². The molecule has 0 radical (unpaired) electrons. The van der Waals surface area contributed by atoms with Crippen LogP contribution in [0.4, 0.5) is 4.79 Å². The minimum Gasteiger partial charge on any atom is -0.479 e. The standard InChI is InChI=1S/C39H55NO6S2/c1-5-6-7-11-20-27-47-28-21-12-9-8-10-19-26-33(38(45,29-46-4)36(42)43)35(41)40-34(30(2)3)39(48-37(40)44,31-22-15-13-16-23-31)32-24-17-14-18-25-32/h13-19,22-26,30,33-34,45H,5-12,20-21,27-29H2,1-4H3,(H,42,43)/t33-,34?,38+/m1/s1. The number of carboxylic acid groups (broad SMARTS) is 1. The van der Waals surface area contributed by atoms with Crippen molar-refractivity contribution in [2.45, 2.75) is 101 Å². The van der Waals surface area contributed by atoms with Gasteiger partial charge >= 0.3 is 5.97 Å². The minimum atomic E-state index is -2.56. The number of carboxylic acids is 1. The van der Waals surface area contributed by atoms with E-state index in [2.05, 4.69) is 6.92 Å². The van der Waals surface area contributed by atoms with E-state index in [1.165, 1.54) is 55.9 Å². The predicted octanol–water partition coefficient (Wildman–Crippen LogP) is 8.94. The second-order valence-electron chi connectivity index (χ2n) is 13.0. The lowest BCUT2D eigenvalue weighted by Gasteiger charge is -2.41. The molecule has 1 saturated heterocycles. The van der Waals surface area contributed by atoms with Gasteiger partial charge in [-0.3, -0.25) is 14.5 Å². The number of methoxy groups -OCH3 is 1. The van der Waals surface area contributed by atoms with E-state index < -0.39 is 46.0 Å². The molecule has 0 spiro atoms. The second kappa shape index (κ2) is 20.2. The fourth-order valence-electron chi connectivity index (χ4n) is 6.60. The van der Waals surface area contributed by atoms with Crippen molar-refractivity contribution in [2.24, 2.45) is 11.8 Å². The van der Waals surface area contributed by atoms with Crippen LogP contribution in [0.1, 0.15) is 96.1 Å². The van der Waals surface area contributed by atoms with Crippen LogP contribution in [0.15, 0.2) is 72.8 Å². The highest BCUT2D eigenvalue weighted by Gasteiger charge is 2.60. The summed E-state index contributed by atoms with van der Waals surface area (Å²) in [4.78, 5) is 42.4. The monoisotopic (exact) mass is 697 g/mol. The zero-order chi connectivity index (χ0) is 35.0. The third-order valence-corrected chi connectivity index (χ3v) is 11.6. The fourth-order valence-corrected chi connectivity index (χ4v) is 9.20. The Kier molecular flexibility index (Phi) is 16.7. The van der Waals surface area contributed by atoms with Crippen molar-refractivity contribution in [3.63, 3.8) is 0 Å². The van der Waals surface area contributed by atoms with E-state index in [1.807, 2.05) is 86.3 Å². The number of aliphatic hydroxyl groups is 1. The van der Waals surface area contributed by atoms with Crippen LogP contribution >= 0.6 is 23.5 Å². The van der Waals surface area contributed by atoms with E-state index in [1.54, 1.807) is 6.08 Å². The summed E-state index contributed by atoms with van der Waals surface area (Å²) in [5, 5.41) is 21.3. The molecule has 1 aliphatic heterocycles. The Labute approximate surface area is 296 Å². The van der Waals surface area contributed by atoms with Gasteiger partial charge < -0.3 is 14.9 Å². The van der Waals surface area contributed by atoms with Gasteiger partial charge in [-0.15, -0.1) is 0 Å². The van der Waals surface area contributed by atoms with Crippen molar-refractivity contribution in [1.82, 2.24) is 4.90 Å². The van der Waals surface area contributed by atoms with E-state index in [0.29, 0.717) is 6.42 Å². The molecule has 48 heavy (non-hydrogen) atoms. The van der Waals surface area contributed by atoms with E-state index in [9.17, 15) is 24.6 Å². The molecular weight excluding hydrogens is 643 g/mol. The number of imide groups is 1. The van der Waals surface area contributed by atoms with Gasteiger partial charge in [0.05, 0.1) is 23.3 Å². The number of aliphatic carboxylic acids is 1. The first kappa shape index (κ1) is 39.8. The highest BCUT2D eigenvalue weighted by Crippen LogP contribution is 2.56. The normalized spacial score (nSPS) is 18.0. The van der Waals surface area contributed by atoms with Gasteiger partial charge in [0, 0.05) is 7.11 Å². The van der Waals surface area contributed by atoms with Gasteiger partial charge in [-0.25, -0.2) is 4.79 Å². The molecule has 1 heterocycles. The van der Waals surface area contributed by atoms with Crippen molar-refractivity contribution >= 4 is 40.6 Å². The first-order valence-electron chi connectivity index (χ1n) is 17.5. The van der Waals surface area contributed by atoms with Crippen LogP contribution in [0.3, 0.4) is 0 Å². The van der Waals surface area contributed by atoms with Crippen LogP contribution < -0.4 is 0 Å². The smallest absolute Gasteiger partial charge is 0.339 e. The third kappa shape index (κ3) is 9.99. The summed E-state index contributed by atoms with van der Waals surface area (Å²) >= 11 is 3.10. The number of carbonyl (C=O) groups excluding carboxylic acids is 2. The maximum atomic E-state index is 14.6. The molecule has 0 aliphatic carbocycles. The Morgan fingerprint density at radius 2 is 1.48 bits per heavy atom. The van der Waals surface area contributed by atoms with Crippen molar-refractivity contribution in [2.75, 3.05) is 25.2 Å². The highest BCUT2D eigenvalue weighted by molar-refractivity contribution is 8.15. The maximum absolute atomic E-state index is 14.6. The summed E-state index contributed by atoms with van der Waals surface area (Å²) in [6.07, 6.45) is 14.6. The Morgan fingerprint density at radius 3 is 1.98 bits per heavy atom. The number of benzene rings is 2. The van der Waals surface area contributed by atoms with E-state index in [0.717, 1.165) is 54.3 Å². The summed E-state index contributed by atoms with van der Waals surface area (Å²) in [6.45, 7) is 5.55. The van der Waals surface area contributed by atoms with Crippen molar-refractivity contribution in [3.05, 3.63) is 83.9 Å². The highest BCUT2D eigenvalue weighted by atomic mass is 32.2. The lowest BCUT2D eigenvalue weighted by atomic mass is 9.77. The average Bonchev–Trinajstić information content (AvgIpc) is 3.41. The van der Waals surface area contributed by atoms with Gasteiger partial charge in [0.25, 0.3) is 5.24 Å². The molecule has 0 saturated carbocycles. The second-order valence-corrected chi connectivity index (χ2v) is 15.5.